The van der Waals surface area contributed by atoms with Crippen LogP contribution in [0.5, 0.6) is 0 Å². The summed E-state index contributed by atoms with van der Waals surface area (Å²) in [5.41, 5.74) is 3.97. The molecule has 2 aromatic carbocycles. The van der Waals surface area contributed by atoms with Crippen LogP contribution in [0.15, 0.2) is 67.3 Å². The molecule has 0 bridgehead atoms. The molecule has 3 rings (SSSR count). The highest BCUT2D eigenvalue weighted by molar-refractivity contribution is 5.47. The second-order valence-corrected chi connectivity index (χ2v) is 4.68. The highest BCUT2D eigenvalue weighted by Crippen LogP contribution is 2.13. The van der Waals surface area contributed by atoms with E-state index in [4.69, 9.17) is 5.26 Å². The molecule has 4 nitrogen and oxygen atoms in total. The number of benzene rings is 2. The monoisotopic (exact) mass is 274 g/mol. The molecule has 0 amide bonds. The maximum Gasteiger partial charge on any atom is 0.0991 e. The van der Waals surface area contributed by atoms with Crippen LogP contribution < -0.4 is 5.32 Å². The van der Waals surface area contributed by atoms with Crippen molar-refractivity contribution in [1.29, 1.82) is 5.26 Å². The smallest absolute Gasteiger partial charge is 0.0991 e. The minimum Gasteiger partial charge on any atom is -0.381 e. The first-order valence-corrected chi connectivity index (χ1v) is 6.66. The molecular formula is C17H14N4. The van der Waals surface area contributed by atoms with Gasteiger partial charge < -0.3 is 9.88 Å². The quantitative estimate of drug-likeness (QED) is 0.793. The van der Waals surface area contributed by atoms with Gasteiger partial charge in [-0.3, -0.25) is 0 Å². The summed E-state index contributed by atoms with van der Waals surface area (Å²) in [6, 6.07) is 17.9. The predicted octanol–water partition coefficient (Wildman–Crippen LogP) is 3.36. The molecule has 0 saturated carbocycles. The number of imidazole rings is 1. The normalized spacial score (nSPS) is 10.0. The number of hydrogen-bond acceptors (Lipinski definition) is 3. The molecule has 0 aliphatic rings. The average molecular weight is 274 g/mol. The number of hydrogen-bond donors (Lipinski definition) is 1. The van der Waals surface area contributed by atoms with Gasteiger partial charge in [-0.25, -0.2) is 4.98 Å². The van der Waals surface area contributed by atoms with Gasteiger partial charge in [-0.15, -0.1) is 0 Å². The summed E-state index contributed by atoms with van der Waals surface area (Å²) < 4.78 is 1.97. The Morgan fingerprint density at radius 1 is 1.05 bits per heavy atom. The number of nitrogens with one attached hydrogen (secondary N) is 1. The van der Waals surface area contributed by atoms with Crippen LogP contribution >= 0.6 is 0 Å². The highest BCUT2D eigenvalue weighted by Gasteiger charge is 1.98. The van der Waals surface area contributed by atoms with E-state index in [1.807, 2.05) is 35.0 Å². The largest absolute Gasteiger partial charge is 0.381 e. The summed E-state index contributed by atoms with van der Waals surface area (Å²) in [7, 11) is 0. The molecule has 0 fully saturated rings. The van der Waals surface area contributed by atoms with Crippen LogP contribution in [0.25, 0.3) is 5.69 Å². The lowest BCUT2D eigenvalue weighted by molar-refractivity contribution is 1.05. The van der Waals surface area contributed by atoms with E-state index in [0.29, 0.717) is 5.56 Å². The number of aromatic nitrogens is 2. The Labute approximate surface area is 123 Å². The van der Waals surface area contributed by atoms with E-state index in [9.17, 15) is 0 Å². The van der Waals surface area contributed by atoms with E-state index < -0.39 is 0 Å². The Morgan fingerprint density at radius 2 is 1.81 bits per heavy atom. The molecule has 0 aliphatic carbocycles. The van der Waals surface area contributed by atoms with E-state index in [1.165, 1.54) is 5.56 Å². The second-order valence-electron chi connectivity index (χ2n) is 4.68. The van der Waals surface area contributed by atoms with Gasteiger partial charge in [0.15, 0.2) is 0 Å². The van der Waals surface area contributed by atoms with Crippen molar-refractivity contribution >= 4 is 5.69 Å². The van der Waals surface area contributed by atoms with Crippen molar-refractivity contribution < 1.29 is 0 Å². The fourth-order valence-electron chi connectivity index (χ4n) is 2.06. The molecule has 21 heavy (non-hydrogen) atoms. The predicted molar refractivity (Wildman–Crippen MR) is 82.0 cm³/mol. The molecule has 3 aromatic rings. The first kappa shape index (κ1) is 12.9. The zero-order valence-corrected chi connectivity index (χ0v) is 11.4. The molecule has 1 heterocycles. The van der Waals surface area contributed by atoms with Crippen molar-refractivity contribution in [2.45, 2.75) is 6.54 Å². The molecule has 0 radical (unpaired) electrons. The number of nitriles is 1. The Balaban J connectivity index is 1.64. The van der Waals surface area contributed by atoms with Gasteiger partial charge in [-0.1, -0.05) is 12.1 Å². The summed E-state index contributed by atoms with van der Waals surface area (Å²) in [6.07, 6.45) is 5.47. The SMILES string of the molecule is N#Cc1ccc(NCc2ccc(-n3ccnc3)cc2)cc1. The molecule has 1 N–H and O–H groups in total. The van der Waals surface area contributed by atoms with E-state index >= 15 is 0 Å². The topological polar surface area (TPSA) is 53.6 Å². The van der Waals surface area contributed by atoms with Gasteiger partial charge in [0.1, 0.15) is 0 Å². The van der Waals surface area contributed by atoms with E-state index in [0.717, 1.165) is 17.9 Å². The average Bonchev–Trinajstić information content (AvgIpc) is 3.08. The summed E-state index contributed by atoms with van der Waals surface area (Å²) in [6.45, 7) is 0.746. The van der Waals surface area contributed by atoms with Gasteiger partial charge in [0.2, 0.25) is 0 Å². The molecule has 0 spiro atoms. The van der Waals surface area contributed by atoms with Gasteiger partial charge >= 0.3 is 0 Å². The van der Waals surface area contributed by atoms with Crippen LogP contribution in [0.3, 0.4) is 0 Å². The van der Waals surface area contributed by atoms with E-state index in [1.54, 1.807) is 12.5 Å². The molecule has 0 aliphatic heterocycles. The van der Waals surface area contributed by atoms with Crippen LogP contribution in [0, 0.1) is 11.3 Å². The van der Waals surface area contributed by atoms with Crippen molar-refractivity contribution in [3.63, 3.8) is 0 Å². The van der Waals surface area contributed by atoms with E-state index in [-0.39, 0.29) is 0 Å². The maximum atomic E-state index is 8.76. The highest BCUT2D eigenvalue weighted by atomic mass is 15.0. The van der Waals surface area contributed by atoms with Gasteiger partial charge in [0.05, 0.1) is 18.0 Å². The zero-order valence-electron chi connectivity index (χ0n) is 11.4. The van der Waals surface area contributed by atoms with Gasteiger partial charge in [0, 0.05) is 30.3 Å². The third-order valence-electron chi connectivity index (χ3n) is 3.25. The van der Waals surface area contributed by atoms with Crippen molar-refractivity contribution in [2.75, 3.05) is 5.32 Å². The maximum absolute atomic E-state index is 8.76. The van der Waals surface area contributed by atoms with Crippen LogP contribution in [-0.2, 0) is 6.54 Å². The van der Waals surface area contributed by atoms with E-state index in [2.05, 4.69) is 40.6 Å². The van der Waals surface area contributed by atoms with Gasteiger partial charge in [-0.05, 0) is 42.0 Å². The van der Waals surface area contributed by atoms with Crippen LogP contribution in [0.1, 0.15) is 11.1 Å². The van der Waals surface area contributed by atoms with Crippen molar-refractivity contribution in [3.8, 4) is 11.8 Å². The first-order chi connectivity index (χ1) is 10.3. The molecule has 0 saturated heterocycles. The Hall–Kier alpha value is -3.06. The van der Waals surface area contributed by atoms with Gasteiger partial charge in [0.25, 0.3) is 0 Å². The summed E-state index contributed by atoms with van der Waals surface area (Å²) in [5, 5.41) is 12.1. The van der Waals surface area contributed by atoms with Crippen molar-refractivity contribution in [3.05, 3.63) is 78.4 Å². The molecule has 1 aromatic heterocycles. The Morgan fingerprint density at radius 3 is 2.43 bits per heavy atom. The summed E-state index contributed by atoms with van der Waals surface area (Å²) in [5.74, 6) is 0. The van der Waals surface area contributed by atoms with Crippen LogP contribution in [0.2, 0.25) is 0 Å². The third-order valence-corrected chi connectivity index (χ3v) is 3.25. The molecule has 102 valence electrons. The molecule has 0 unspecified atom stereocenters. The first-order valence-electron chi connectivity index (χ1n) is 6.66. The van der Waals surface area contributed by atoms with Crippen LogP contribution in [-0.4, -0.2) is 9.55 Å². The van der Waals surface area contributed by atoms with Gasteiger partial charge in [-0.2, -0.15) is 5.26 Å². The second kappa shape index (κ2) is 5.93. The molecule has 0 atom stereocenters. The van der Waals surface area contributed by atoms with Crippen molar-refractivity contribution in [1.82, 2.24) is 9.55 Å². The minimum atomic E-state index is 0.672. The Kier molecular flexibility index (Phi) is 3.66. The standard InChI is InChI=1S/C17H14N4/c18-11-14-1-5-16(6-2-14)20-12-15-3-7-17(8-4-15)21-10-9-19-13-21/h1-10,13,20H,12H2. The fraction of sp³-hybridized carbons (Fsp3) is 0.0588. The summed E-state index contributed by atoms with van der Waals surface area (Å²) >= 11 is 0. The third kappa shape index (κ3) is 3.10. The molecular weight excluding hydrogens is 260 g/mol. The summed E-state index contributed by atoms with van der Waals surface area (Å²) in [4.78, 5) is 4.04. The number of nitrogens with zero attached hydrogens (tertiary/aromatic N) is 3. The lowest BCUT2D eigenvalue weighted by Gasteiger charge is -2.08. The Bertz CT molecular complexity index is 735. The number of anilines is 1. The van der Waals surface area contributed by atoms with Crippen LogP contribution in [0.4, 0.5) is 5.69 Å². The zero-order chi connectivity index (χ0) is 14.5. The lowest BCUT2D eigenvalue weighted by Crippen LogP contribution is -1.99. The number of rotatable bonds is 4. The lowest BCUT2D eigenvalue weighted by atomic mass is 10.2. The van der Waals surface area contributed by atoms with Crippen molar-refractivity contribution in [2.24, 2.45) is 0 Å². The fourth-order valence-corrected chi connectivity index (χ4v) is 2.06. The minimum absolute atomic E-state index is 0.672. The molecule has 4 heteroatoms.